The van der Waals surface area contributed by atoms with Crippen molar-refractivity contribution in [2.24, 2.45) is 0 Å². The Morgan fingerprint density at radius 1 is 1.31 bits per heavy atom. The lowest BCUT2D eigenvalue weighted by atomic mass is 10.1. The molecule has 3 nitrogen and oxygen atoms in total. The predicted molar refractivity (Wildman–Crippen MR) is 58.4 cm³/mol. The lowest BCUT2D eigenvalue weighted by Crippen LogP contribution is -1.94. The molecule has 0 spiro atoms. The maximum atomic E-state index is 13.1. The minimum atomic E-state index is -0.230. The van der Waals surface area contributed by atoms with Gasteiger partial charge in [-0.1, -0.05) is 12.8 Å². The Bertz CT molecular complexity index is 318. The standard InChI is InChI=1S/C12H16FNO2/c13-12-9-14-7-6-11(12)5-3-1-2-4-8-16-10-15/h6-7,9-10H,1-5,8H2. The normalized spacial score (nSPS) is 10.1. The summed E-state index contributed by atoms with van der Waals surface area (Å²) in [5.74, 6) is -0.230. The summed E-state index contributed by atoms with van der Waals surface area (Å²) >= 11 is 0. The Labute approximate surface area is 94.6 Å². The van der Waals surface area contributed by atoms with E-state index < -0.39 is 0 Å². The minimum absolute atomic E-state index is 0.230. The lowest BCUT2D eigenvalue weighted by Gasteiger charge is -2.02. The van der Waals surface area contributed by atoms with Gasteiger partial charge in [0, 0.05) is 6.20 Å². The van der Waals surface area contributed by atoms with Crippen molar-refractivity contribution in [3.05, 3.63) is 29.8 Å². The number of hydrogen-bond donors (Lipinski definition) is 0. The molecule has 0 unspecified atom stereocenters. The molecule has 16 heavy (non-hydrogen) atoms. The van der Waals surface area contributed by atoms with Crippen LogP contribution in [-0.4, -0.2) is 18.1 Å². The summed E-state index contributed by atoms with van der Waals surface area (Å²) in [6.07, 6.45) is 7.43. The number of unbranched alkanes of at least 4 members (excludes halogenated alkanes) is 3. The van der Waals surface area contributed by atoms with Crippen LogP contribution in [0.3, 0.4) is 0 Å². The van der Waals surface area contributed by atoms with E-state index in [4.69, 9.17) is 0 Å². The molecule has 4 heteroatoms. The van der Waals surface area contributed by atoms with Crippen molar-refractivity contribution in [2.75, 3.05) is 6.61 Å². The molecule has 0 saturated carbocycles. The monoisotopic (exact) mass is 225 g/mol. The van der Waals surface area contributed by atoms with E-state index in [9.17, 15) is 9.18 Å². The summed E-state index contributed by atoms with van der Waals surface area (Å²) in [5, 5.41) is 0. The molecular weight excluding hydrogens is 209 g/mol. The van der Waals surface area contributed by atoms with E-state index in [-0.39, 0.29) is 5.82 Å². The van der Waals surface area contributed by atoms with Gasteiger partial charge in [-0.25, -0.2) is 4.39 Å². The molecule has 0 aliphatic carbocycles. The molecular formula is C12H16FNO2. The molecule has 0 aliphatic heterocycles. The second kappa shape index (κ2) is 7.79. The van der Waals surface area contributed by atoms with Crippen LogP contribution < -0.4 is 0 Å². The summed E-state index contributed by atoms with van der Waals surface area (Å²) in [6.45, 7) is 0.944. The molecule has 0 atom stereocenters. The van der Waals surface area contributed by atoms with Crippen molar-refractivity contribution >= 4 is 6.47 Å². The SMILES string of the molecule is O=COCCCCCCc1ccncc1F. The Morgan fingerprint density at radius 3 is 2.88 bits per heavy atom. The molecule has 1 heterocycles. The van der Waals surface area contributed by atoms with E-state index in [0.717, 1.165) is 37.7 Å². The quantitative estimate of drug-likeness (QED) is 0.504. The highest BCUT2D eigenvalue weighted by Gasteiger charge is 2.00. The Balaban J connectivity index is 2.07. The van der Waals surface area contributed by atoms with Crippen molar-refractivity contribution in [2.45, 2.75) is 32.1 Å². The van der Waals surface area contributed by atoms with Crippen LogP contribution in [-0.2, 0) is 16.0 Å². The van der Waals surface area contributed by atoms with Gasteiger partial charge >= 0.3 is 0 Å². The van der Waals surface area contributed by atoms with Crippen LogP contribution in [0, 0.1) is 5.82 Å². The number of halogens is 1. The van der Waals surface area contributed by atoms with Gasteiger partial charge in [-0.2, -0.15) is 0 Å². The number of carbonyl (C=O) groups is 1. The average molecular weight is 225 g/mol. The van der Waals surface area contributed by atoms with Crippen LogP contribution >= 0.6 is 0 Å². The number of ether oxygens (including phenoxy) is 1. The Hall–Kier alpha value is -1.45. The molecule has 0 amide bonds. The molecule has 1 rings (SSSR count). The first-order chi connectivity index (χ1) is 7.84. The molecule has 0 fully saturated rings. The van der Waals surface area contributed by atoms with Gasteiger partial charge < -0.3 is 4.74 Å². The minimum Gasteiger partial charge on any atom is -0.468 e. The van der Waals surface area contributed by atoms with Gasteiger partial charge in [-0.15, -0.1) is 0 Å². The van der Waals surface area contributed by atoms with Gasteiger partial charge in [0.05, 0.1) is 12.8 Å². The second-order valence-electron chi connectivity index (χ2n) is 3.60. The van der Waals surface area contributed by atoms with Gasteiger partial charge in [0.25, 0.3) is 6.47 Å². The average Bonchev–Trinajstić information content (AvgIpc) is 2.30. The van der Waals surface area contributed by atoms with Crippen LogP contribution in [0.15, 0.2) is 18.5 Å². The first-order valence-corrected chi connectivity index (χ1v) is 5.48. The molecule has 1 aromatic heterocycles. The number of aromatic nitrogens is 1. The predicted octanol–water partition coefficient (Wildman–Crippen LogP) is 2.50. The highest BCUT2D eigenvalue weighted by atomic mass is 19.1. The third-order valence-electron chi connectivity index (χ3n) is 2.38. The fourth-order valence-corrected chi connectivity index (χ4v) is 1.51. The number of hydrogen-bond acceptors (Lipinski definition) is 3. The summed E-state index contributed by atoms with van der Waals surface area (Å²) < 4.78 is 17.7. The van der Waals surface area contributed by atoms with Gasteiger partial charge in [-0.05, 0) is 30.9 Å². The number of rotatable bonds is 8. The van der Waals surface area contributed by atoms with Crippen molar-refractivity contribution < 1.29 is 13.9 Å². The molecule has 0 N–H and O–H groups in total. The summed E-state index contributed by atoms with van der Waals surface area (Å²) in [5.41, 5.74) is 0.721. The highest BCUT2D eigenvalue weighted by molar-refractivity contribution is 5.36. The number of aryl methyl sites for hydroxylation is 1. The second-order valence-corrected chi connectivity index (χ2v) is 3.60. The molecule has 0 radical (unpaired) electrons. The first-order valence-electron chi connectivity index (χ1n) is 5.48. The summed E-state index contributed by atoms with van der Waals surface area (Å²) in [4.78, 5) is 13.5. The number of pyridine rings is 1. The van der Waals surface area contributed by atoms with E-state index in [1.54, 1.807) is 12.3 Å². The summed E-state index contributed by atoms with van der Waals surface area (Å²) in [6, 6.07) is 1.71. The lowest BCUT2D eigenvalue weighted by molar-refractivity contribution is -0.128. The third kappa shape index (κ3) is 4.87. The number of nitrogens with zero attached hydrogens (tertiary/aromatic N) is 1. The van der Waals surface area contributed by atoms with Gasteiger partial charge in [-0.3, -0.25) is 9.78 Å². The largest absolute Gasteiger partial charge is 0.468 e. The van der Waals surface area contributed by atoms with Crippen molar-refractivity contribution in [3.8, 4) is 0 Å². The van der Waals surface area contributed by atoms with E-state index in [0.29, 0.717) is 13.1 Å². The topological polar surface area (TPSA) is 39.2 Å². The zero-order valence-corrected chi connectivity index (χ0v) is 9.19. The molecule has 0 aliphatic rings. The van der Waals surface area contributed by atoms with Crippen LogP contribution in [0.5, 0.6) is 0 Å². The highest BCUT2D eigenvalue weighted by Crippen LogP contribution is 2.10. The van der Waals surface area contributed by atoms with E-state index in [1.165, 1.54) is 6.20 Å². The Morgan fingerprint density at radius 2 is 2.12 bits per heavy atom. The van der Waals surface area contributed by atoms with Crippen molar-refractivity contribution in [1.29, 1.82) is 0 Å². The molecule has 1 aromatic rings. The zero-order valence-electron chi connectivity index (χ0n) is 9.19. The maximum Gasteiger partial charge on any atom is 0.293 e. The van der Waals surface area contributed by atoms with Crippen LogP contribution in [0.25, 0.3) is 0 Å². The van der Waals surface area contributed by atoms with Crippen LogP contribution in [0.1, 0.15) is 31.2 Å². The molecule has 0 aromatic carbocycles. The van der Waals surface area contributed by atoms with Crippen LogP contribution in [0.2, 0.25) is 0 Å². The maximum absolute atomic E-state index is 13.1. The number of carbonyl (C=O) groups excluding carboxylic acids is 1. The van der Waals surface area contributed by atoms with Crippen molar-refractivity contribution in [3.63, 3.8) is 0 Å². The van der Waals surface area contributed by atoms with Gasteiger partial charge in [0.2, 0.25) is 0 Å². The van der Waals surface area contributed by atoms with Crippen molar-refractivity contribution in [1.82, 2.24) is 4.98 Å². The van der Waals surface area contributed by atoms with Gasteiger partial charge in [0.1, 0.15) is 5.82 Å². The molecule has 0 saturated heterocycles. The molecule has 88 valence electrons. The van der Waals surface area contributed by atoms with E-state index >= 15 is 0 Å². The van der Waals surface area contributed by atoms with Crippen LogP contribution in [0.4, 0.5) is 4.39 Å². The van der Waals surface area contributed by atoms with Gasteiger partial charge in [0.15, 0.2) is 0 Å². The first kappa shape index (κ1) is 12.6. The van der Waals surface area contributed by atoms with E-state index in [1.807, 2.05) is 0 Å². The fourth-order valence-electron chi connectivity index (χ4n) is 1.51. The molecule has 0 bridgehead atoms. The zero-order chi connectivity index (χ0) is 11.6. The smallest absolute Gasteiger partial charge is 0.293 e. The van der Waals surface area contributed by atoms with E-state index in [2.05, 4.69) is 9.72 Å². The summed E-state index contributed by atoms with van der Waals surface area (Å²) in [7, 11) is 0. The third-order valence-corrected chi connectivity index (χ3v) is 2.38. The Kier molecular flexibility index (Phi) is 6.15. The fraction of sp³-hybridized carbons (Fsp3) is 0.500.